The van der Waals surface area contributed by atoms with E-state index in [0.717, 1.165) is 16.6 Å². The molecule has 10 nitrogen and oxygen atoms in total. The Kier molecular flexibility index (Phi) is 6.64. The van der Waals surface area contributed by atoms with Crippen LogP contribution in [0.25, 0.3) is 0 Å². The van der Waals surface area contributed by atoms with Gasteiger partial charge in [-0.25, -0.2) is 8.42 Å². The van der Waals surface area contributed by atoms with Crippen molar-refractivity contribution in [3.8, 4) is 11.5 Å². The average molecular weight is 423 g/mol. The van der Waals surface area contributed by atoms with Gasteiger partial charge in [0.15, 0.2) is 0 Å². The summed E-state index contributed by atoms with van der Waals surface area (Å²) < 4.78 is 35.9. The Bertz CT molecular complexity index is 1020. The number of sulfonamides is 1. The summed E-state index contributed by atoms with van der Waals surface area (Å²) in [5.74, 6) is 0.193. The predicted octanol–water partition coefficient (Wildman–Crippen LogP) is 2.41. The Morgan fingerprint density at radius 1 is 1.17 bits per heavy atom. The molecule has 0 aliphatic rings. The van der Waals surface area contributed by atoms with Crippen molar-refractivity contribution in [1.29, 1.82) is 0 Å². The fourth-order valence-electron chi connectivity index (χ4n) is 2.69. The number of hydrogen-bond acceptors (Lipinski definition) is 7. The number of carbonyl (C=O) groups excluding carboxylic acids is 1. The van der Waals surface area contributed by atoms with E-state index in [1.54, 1.807) is 18.2 Å². The van der Waals surface area contributed by atoms with Gasteiger partial charge in [0.05, 0.1) is 36.8 Å². The Morgan fingerprint density at radius 2 is 1.86 bits per heavy atom. The summed E-state index contributed by atoms with van der Waals surface area (Å²) in [4.78, 5) is 23.2. The summed E-state index contributed by atoms with van der Waals surface area (Å²) >= 11 is 0. The van der Waals surface area contributed by atoms with Crippen molar-refractivity contribution in [3.63, 3.8) is 0 Å². The van der Waals surface area contributed by atoms with Crippen LogP contribution in [0.2, 0.25) is 0 Å². The number of anilines is 2. The maximum atomic E-state index is 12.8. The molecule has 156 valence electrons. The van der Waals surface area contributed by atoms with Gasteiger partial charge in [0.1, 0.15) is 17.5 Å². The van der Waals surface area contributed by atoms with Crippen LogP contribution < -0.4 is 19.1 Å². The van der Waals surface area contributed by atoms with Crippen molar-refractivity contribution >= 4 is 33.0 Å². The maximum Gasteiger partial charge on any atom is 0.271 e. The van der Waals surface area contributed by atoms with Crippen LogP contribution in [0.4, 0.5) is 17.1 Å². The first kappa shape index (κ1) is 22.0. The van der Waals surface area contributed by atoms with Gasteiger partial charge in [-0.1, -0.05) is 6.07 Å². The van der Waals surface area contributed by atoms with Gasteiger partial charge in [0, 0.05) is 18.2 Å². The van der Waals surface area contributed by atoms with Crippen LogP contribution in [0.3, 0.4) is 0 Å². The van der Waals surface area contributed by atoms with Crippen LogP contribution in [0, 0.1) is 10.1 Å². The van der Waals surface area contributed by atoms with E-state index in [1.807, 2.05) is 0 Å². The smallest absolute Gasteiger partial charge is 0.271 e. The molecule has 0 unspecified atom stereocenters. The second-order valence-electron chi connectivity index (χ2n) is 6.07. The van der Waals surface area contributed by atoms with Crippen LogP contribution >= 0.6 is 0 Å². The molecule has 0 saturated heterocycles. The Hall–Kier alpha value is -3.34. The third-order valence-corrected chi connectivity index (χ3v) is 5.29. The van der Waals surface area contributed by atoms with Crippen LogP contribution in [-0.2, 0) is 14.8 Å². The molecule has 2 aromatic carbocycles. The molecule has 0 aliphatic carbocycles. The van der Waals surface area contributed by atoms with E-state index < -0.39 is 26.9 Å². The number of rotatable bonds is 8. The summed E-state index contributed by atoms with van der Waals surface area (Å²) in [7, 11) is -1.02. The number of ether oxygens (including phenoxy) is 2. The zero-order valence-electron chi connectivity index (χ0n) is 16.3. The normalized spacial score (nSPS) is 12.0. The summed E-state index contributed by atoms with van der Waals surface area (Å²) in [6.07, 6.45) is 0.920. The maximum absolute atomic E-state index is 12.8. The van der Waals surface area contributed by atoms with Crippen LogP contribution in [-0.4, -0.2) is 45.8 Å². The van der Waals surface area contributed by atoms with Gasteiger partial charge in [-0.3, -0.25) is 19.2 Å². The predicted molar refractivity (Wildman–Crippen MR) is 108 cm³/mol. The zero-order chi connectivity index (χ0) is 21.8. The van der Waals surface area contributed by atoms with Crippen LogP contribution in [0.5, 0.6) is 11.5 Å². The van der Waals surface area contributed by atoms with Gasteiger partial charge in [-0.2, -0.15) is 0 Å². The minimum absolute atomic E-state index is 0.00560. The molecule has 0 heterocycles. The standard InChI is InChI=1S/C18H21N3O7S/c1-12(18(22)19-16-9-8-15(27-2)11-17(16)28-3)20(29(4,25)26)13-6-5-7-14(10-13)21(23)24/h5-12H,1-4H3,(H,19,22)/t12-/m1/s1. The molecule has 1 atom stereocenters. The highest BCUT2D eigenvalue weighted by molar-refractivity contribution is 7.92. The van der Waals surface area contributed by atoms with E-state index in [9.17, 15) is 23.3 Å². The number of benzene rings is 2. The first-order valence-electron chi connectivity index (χ1n) is 8.35. The second-order valence-corrected chi connectivity index (χ2v) is 7.93. The Labute approximate surface area is 168 Å². The van der Waals surface area contributed by atoms with E-state index in [4.69, 9.17) is 9.47 Å². The number of nitrogens with one attached hydrogen (secondary N) is 1. The lowest BCUT2D eigenvalue weighted by molar-refractivity contribution is -0.384. The zero-order valence-corrected chi connectivity index (χ0v) is 17.1. The monoisotopic (exact) mass is 423 g/mol. The molecule has 29 heavy (non-hydrogen) atoms. The Morgan fingerprint density at radius 3 is 2.41 bits per heavy atom. The molecule has 0 spiro atoms. The van der Waals surface area contributed by atoms with Crippen LogP contribution in [0.1, 0.15) is 6.92 Å². The SMILES string of the molecule is COc1ccc(NC(=O)[C@@H](C)N(c2cccc([N+](=O)[O-])c2)S(C)(=O)=O)c(OC)c1. The van der Waals surface area contributed by atoms with Gasteiger partial charge >= 0.3 is 0 Å². The molecule has 1 amide bonds. The summed E-state index contributed by atoms with van der Waals surface area (Å²) in [5.41, 5.74) is 0.0317. The lowest BCUT2D eigenvalue weighted by Crippen LogP contribution is -2.45. The summed E-state index contributed by atoms with van der Waals surface area (Å²) in [5, 5.41) is 13.6. The molecule has 0 fully saturated rings. The average Bonchev–Trinajstić information content (AvgIpc) is 2.67. The van der Waals surface area contributed by atoms with E-state index in [1.165, 1.54) is 39.3 Å². The molecule has 0 saturated carbocycles. The molecule has 0 aromatic heterocycles. The van der Waals surface area contributed by atoms with Gasteiger partial charge in [0.25, 0.3) is 5.69 Å². The third kappa shape index (κ3) is 5.13. The summed E-state index contributed by atoms with van der Waals surface area (Å²) in [6.45, 7) is 1.38. The van der Waals surface area contributed by atoms with Gasteiger partial charge < -0.3 is 14.8 Å². The topological polar surface area (TPSA) is 128 Å². The molecule has 2 rings (SSSR count). The first-order chi connectivity index (χ1) is 13.6. The van der Waals surface area contributed by atoms with Crippen molar-refractivity contribution in [1.82, 2.24) is 0 Å². The molecule has 0 radical (unpaired) electrons. The Balaban J connectivity index is 2.38. The van der Waals surface area contributed by atoms with Crippen molar-refractivity contribution in [2.45, 2.75) is 13.0 Å². The van der Waals surface area contributed by atoms with Crippen molar-refractivity contribution in [2.75, 3.05) is 30.1 Å². The number of carbonyl (C=O) groups is 1. The van der Waals surface area contributed by atoms with E-state index in [2.05, 4.69) is 5.32 Å². The van der Waals surface area contributed by atoms with Gasteiger partial charge in [0.2, 0.25) is 15.9 Å². The molecule has 1 N–H and O–H groups in total. The summed E-state index contributed by atoms with van der Waals surface area (Å²) in [6, 6.07) is 8.59. The van der Waals surface area contributed by atoms with E-state index in [-0.39, 0.29) is 11.4 Å². The molecular formula is C18H21N3O7S. The van der Waals surface area contributed by atoms with Gasteiger partial charge in [-0.15, -0.1) is 0 Å². The number of amides is 1. The molecule has 0 aliphatic heterocycles. The third-order valence-electron chi connectivity index (χ3n) is 4.05. The largest absolute Gasteiger partial charge is 0.497 e. The first-order valence-corrected chi connectivity index (χ1v) is 10.2. The number of nitro groups is 1. The fourth-order valence-corrected chi connectivity index (χ4v) is 3.86. The number of hydrogen-bond donors (Lipinski definition) is 1. The lowest BCUT2D eigenvalue weighted by atomic mass is 10.2. The van der Waals surface area contributed by atoms with Crippen LogP contribution in [0.15, 0.2) is 42.5 Å². The minimum Gasteiger partial charge on any atom is -0.497 e. The molecule has 2 aromatic rings. The number of nitro benzene ring substituents is 1. The number of methoxy groups -OCH3 is 2. The highest BCUT2D eigenvalue weighted by atomic mass is 32.2. The lowest BCUT2D eigenvalue weighted by Gasteiger charge is -2.28. The highest BCUT2D eigenvalue weighted by Crippen LogP contribution is 2.30. The molecule has 11 heteroatoms. The second kappa shape index (κ2) is 8.78. The van der Waals surface area contributed by atoms with E-state index in [0.29, 0.717) is 17.2 Å². The molecular weight excluding hydrogens is 402 g/mol. The minimum atomic E-state index is -3.92. The number of non-ortho nitro benzene ring substituents is 1. The van der Waals surface area contributed by atoms with Gasteiger partial charge in [-0.05, 0) is 25.1 Å². The molecule has 0 bridgehead atoms. The number of nitrogens with zero attached hydrogens (tertiary/aromatic N) is 2. The highest BCUT2D eigenvalue weighted by Gasteiger charge is 2.30. The quantitative estimate of drug-likeness (QED) is 0.510. The van der Waals surface area contributed by atoms with E-state index >= 15 is 0 Å². The fraction of sp³-hybridized carbons (Fsp3) is 0.278. The van der Waals surface area contributed by atoms with Crippen molar-refractivity contribution < 1.29 is 27.6 Å². The van der Waals surface area contributed by atoms with Crippen molar-refractivity contribution in [2.24, 2.45) is 0 Å². The van der Waals surface area contributed by atoms with Crippen molar-refractivity contribution in [3.05, 3.63) is 52.6 Å².